The number of esters is 1. The molecule has 3 heteroatoms. The highest BCUT2D eigenvalue weighted by atomic mass is 16.5. The van der Waals surface area contributed by atoms with E-state index in [1.807, 2.05) is 78.9 Å². The minimum absolute atomic E-state index is 0.0474. The van der Waals surface area contributed by atoms with Crippen LogP contribution >= 0.6 is 0 Å². The number of Topliss-reactive ketones (excluding diaryl/α,β-unsaturated/α-hetero) is 1. The molecule has 0 amide bonds. The molecule has 0 aliphatic heterocycles. The maximum atomic E-state index is 13.3. The molecule has 2 aromatic rings. The summed E-state index contributed by atoms with van der Waals surface area (Å²) in [5.41, 5.74) is 2.74. The van der Waals surface area contributed by atoms with Crippen LogP contribution in [0.25, 0.3) is 11.1 Å². The first kappa shape index (κ1) is 19.1. The first-order valence-corrected chi connectivity index (χ1v) is 9.86. The van der Waals surface area contributed by atoms with Crippen LogP contribution in [0.3, 0.4) is 0 Å². The highest BCUT2D eigenvalue weighted by Crippen LogP contribution is 2.47. The molecule has 0 heterocycles. The van der Waals surface area contributed by atoms with Gasteiger partial charge in [-0.2, -0.15) is 0 Å². The molecule has 0 unspecified atom stereocenters. The van der Waals surface area contributed by atoms with Crippen molar-refractivity contribution < 1.29 is 14.3 Å². The summed E-state index contributed by atoms with van der Waals surface area (Å²) in [6, 6.07) is 18.0. The Morgan fingerprint density at radius 2 is 1.66 bits per heavy atom. The van der Waals surface area contributed by atoms with Gasteiger partial charge in [0.05, 0.1) is 13.0 Å². The van der Waals surface area contributed by atoms with Crippen LogP contribution in [0.2, 0.25) is 0 Å². The zero-order chi connectivity index (χ0) is 20.4. The number of carbonyl (C=O) groups is 2. The Balaban J connectivity index is 1.86. The Bertz CT molecular complexity index is 998. The summed E-state index contributed by atoms with van der Waals surface area (Å²) in [7, 11) is 1.39. The van der Waals surface area contributed by atoms with Gasteiger partial charge in [-0.05, 0) is 29.5 Å². The van der Waals surface area contributed by atoms with Gasteiger partial charge >= 0.3 is 5.97 Å². The van der Waals surface area contributed by atoms with E-state index in [9.17, 15) is 9.59 Å². The first-order chi connectivity index (χ1) is 14.1. The Morgan fingerprint density at radius 1 is 1.00 bits per heavy atom. The summed E-state index contributed by atoms with van der Waals surface area (Å²) < 4.78 is 5.26. The van der Waals surface area contributed by atoms with Crippen LogP contribution in [0.4, 0.5) is 0 Å². The van der Waals surface area contributed by atoms with E-state index in [0.717, 1.165) is 22.3 Å². The van der Waals surface area contributed by atoms with E-state index in [-0.39, 0.29) is 11.7 Å². The summed E-state index contributed by atoms with van der Waals surface area (Å²) in [6.45, 7) is 4.18. The molecule has 3 atom stereocenters. The minimum Gasteiger partial charge on any atom is -0.468 e. The Labute approximate surface area is 171 Å². The number of allylic oxidation sites excluding steroid dienone is 5. The smallest absolute Gasteiger partial charge is 0.317 e. The van der Waals surface area contributed by atoms with Crippen molar-refractivity contribution in [1.82, 2.24) is 0 Å². The monoisotopic (exact) mass is 384 g/mol. The standard InChI is InChI=1S/C26H24O3/c1-18-16-21-10-6-7-11-23(24(21)27)26(17-18,25(28)29-2)22-14-12-20(13-15-22)19-8-4-3-5-9-19/h3-15,21,23H,1,16-17H2,2H3/t21-,23-,26-/m0/s1. The van der Waals surface area contributed by atoms with Gasteiger partial charge in [-0.25, -0.2) is 0 Å². The van der Waals surface area contributed by atoms with Crippen molar-refractivity contribution in [3.05, 3.63) is 96.6 Å². The van der Waals surface area contributed by atoms with E-state index in [0.29, 0.717) is 12.8 Å². The molecule has 4 rings (SSSR count). The summed E-state index contributed by atoms with van der Waals surface area (Å²) in [5.74, 6) is -1.18. The van der Waals surface area contributed by atoms with E-state index in [2.05, 4.69) is 6.58 Å². The van der Waals surface area contributed by atoms with Crippen LogP contribution in [0.1, 0.15) is 18.4 Å². The fourth-order valence-corrected chi connectivity index (χ4v) is 4.63. The van der Waals surface area contributed by atoms with Gasteiger partial charge in [0.1, 0.15) is 11.2 Å². The number of benzene rings is 2. The lowest BCUT2D eigenvalue weighted by molar-refractivity contribution is -0.151. The fourth-order valence-electron chi connectivity index (χ4n) is 4.63. The second kappa shape index (κ2) is 7.67. The Kier molecular flexibility index (Phi) is 5.06. The van der Waals surface area contributed by atoms with Gasteiger partial charge in [-0.1, -0.05) is 91.1 Å². The molecule has 0 radical (unpaired) electrons. The molecule has 1 saturated carbocycles. The van der Waals surface area contributed by atoms with E-state index < -0.39 is 17.3 Å². The molecule has 29 heavy (non-hydrogen) atoms. The lowest BCUT2D eigenvalue weighted by Gasteiger charge is -2.36. The van der Waals surface area contributed by atoms with Gasteiger partial charge in [0.15, 0.2) is 0 Å². The fraction of sp³-hybridized carbons (Fsp3) is 0.231. The first-order valence-electron chi connectivity index (χ1n) is 9.86. The van der Waals surface area contributed by atoms with Crippen LogP contribution in [0, 0.1) is 11.8 Å². The molecule has 2 aliphatic carbocycles. The van der Waals surface area contributed by atoms with Crippen LogP contribution in [0.15, 0.2) is 91.1 Å². The van der Waals surface area contributed by atoms with E-state index in [4.69, 9.17) is 4.74 Å². The second-order valence-electron chi connectivity index (χ2n) is 7.79. The van der Waals surface area contributed by atoms with E-state index in [1.165, 1.54) is 7.11 Å². The van der Waals surface area contributed by atoms with Gasteiger partial charge in [0.25, 0.3) is 0 Å². The lowest BCUT2D eigenvalue weighted by Crippen LogP contribution is -2.46. The number of carbonyl (C=O) groups excluding carboxylic acids is 2. The predicted molar refractivity (Wildman–Crippen MR) is 114 cm³/mol. The molecular formula is C26H24O3. The molecule has 1 fully saturated rings. The third kappa shape index (κ3) is 3.27. The summed E-state index contributed by atoms with van der Waals surface area (Å²) >= 11 is 0. The van der Waals surface area contributed by atoms with Crippen LogP contribution in [-0.4, -0.2) is 18.9 Å². The molecule has 0 spiro atoms. The average Bonchev–Trinajstić information content (AvgIpc) is 3.00. The van der Waals surface area contributed by atoms with Gasteiger partial charge in [0.2, 0.25) is 0 Å². The minimum atomic E-state index is -1.10. The van der Waals surface area contributed by atoms with Crippen molar-refractivity contribution in [1.29, 1.82) is 0 Å². The normalized spacial score (nSPS) is 26.0. The maximum absolute atomic E-state index is 13.3. The largest absolute Gasteiger partial charge is 0.468 e. The zero-order valence-corrected chi connectivity index (χ0v) is 16.5. The Morgan fingerprint density at radius 3 is 2.34 bits per heavy atom. The van der Waals surface area contributed by atoms with Gasteiger partial charge in [-0.3, -0.25) is 9.59 Å². The van der Waals surface area contributed by atoms with Crippen molar-refractivity contribution in [2.75, 3.05) is 7.11 Å². The van der Waals surface area contributed by atoms with Gasteiger partial charge < -0.3 is 4.74 Å². The van der Waals surface area contributed by atoms with Gasteiger partial charge in [-0.15, -0.1) is 0 Å². The Hall–Kier alpha value is -3.20. The van der Waals surface area contributed by atoms with Crippen molar-refractivity contribution >= 4 is 11.8 Å². The molecule has 2 bridgehead atoms. The van der Waals surface area contributed by atoms with E-state index in [1.54, 1.807) is 0 Å². The number of ketones is 1. The highest BCUT2D eigenvalue weighted by Gasteiger charge is 2.53. The summed E-state index contributed by atoms with van der Waals surface area (Å²) in [5, 5.41) is 0. The van der Waals surface area contributed by atoms with Crippen molar-refractivity contribution in [3.8, 4) is 11.1 Å². The molecule has 2 aliphatic rings. The molecule has 3 nitrogen and oxygen atoms in total. The quantitative estimate of drug-likeness (QED) is 0.550. The molecule has 0 N–H and O–H groups in total. The molecule has 146 valence electrons. The summed E-state index contributed by atoms with van der Waals surface area (Å²) in [4.78, 5) is 26.6. The third-order valence-corrected chi connectivity index (χ3v) is 6.06. The number of hydrogen-bond donors (Lipinski definition) is 0. The van der Waals surface area contributed by atoms with Crippen LogP contribution in [-0.2, 0) is 19.7 Å². The number of hydrogen-bond acceptors (Lipinski definition) is 3. The predicted octanol–water partition coefficient (Wildman–Crippen LogP) is 5.04. The number of methoxy groups -OCH3 is 1. The molecular weight excluding hydrogens is 360 g/mol. The van der Waals surface area contributed by atoms with Crippen molar-refractivity contribution in [2.24, 2.45) is 11.8 Å². The molecule has 0 saturated heterocycles. The third-order valence-electron chi connectivity index (χ3n) is 6.06. The molecule has 0 aromatic heterocycles. The van der Waals surface area contributed by atoms with E-state index >= 15 is 0 Å². The van der Waals surface area contributed by atoms with Crippen molar-refractivity contribution in [3.63, 3.8) is 0 Å². The second-order valence-corrected chi connectivity index (χ2v) is 7.79. The number of rotatable bonds is 3. The highest BCUT2D eigenvalue weighted by molar-refractivity contribution is 5.97. The van der Waals surface area contributed by atoms with Crippen molar-refractivity contribution in [2.45, 2.75) is 18.3 Å². The maximum Gasteiger partial charge on any atom is 0.317 e. The lowest BCUT2D eigenvalue weighted by atomic mass is 9.65. The van der Waals surface area contributed by atoms with Crippen LogP contribution < -0.4 is 0 Å². The van der Waals surface area contributed by atoms with Crippen LogP contribution in [0.5, 0.6) is 0 Å². The number of fused-ring (bicyclic) bond motifs is 2. The van der Waals surface area contributed by atoms with Gasteiger partial charge in [0, 0.05) is 5.92 Å². The number of ether oxygens (including phenoxy) is 1. The molecule has 2 aromatic carbocycles. The average molecular weight is 384 g/mol. The topological polar surface area (TPSA) is 43.4 Å². The SMILES string of the molecule is C=C1C[C@@H]2C=CC=C[C@@H](C2=O)[C@@](C(=O)OC)(c2ccc(-c3ccccc3)cc2)C1. The zero-order valence-electron chi connectivity index (χ0n) is 16.5. The summed E-state index contributed by atoms with van der Waals surface area (Å²) in [6.07, 6.45) is 8.48.